The molecule has 2 aromatic rings. The van der Waals surface area contributed by atoms with Gasteiger partial charge in [0.25, 0.3) is 0 Å². The van der Waals surface area contributed by atoms with Gasteiger partial charge < -0.3 is 10.1 Å². The van der Waals surface area contributed by atoms with Gasteiger partial charge in [-0.05, 0) is 50.6 Å². The maximum atomic E-state index is 13.0. The van der Waals surface area contributed by atoms with Crippen LogP contribution in [0, 0.1) is 6.92 Å². The molecule has 0 aliphatic carbocycles. The highest BCUT2D eigenvalue weighted by molar-refractivity contribution is 8.15. The predicted octanol–water partition coefficient (Wildman–Crippen LogP) is 5.04. The standard InChI is InChI=1S/C23H26ClN3O3S/c1-3-30-13-5-12-27-22(29)20(15-21(28)25-19-7-4-6-17(24)14-19)31-23(27)26-18-10-8-16(2)9-11-18/h4,6-11,14,20H,3,5,12-13,15H2,1-2H3,(H,25,28). The molecule has 1 aliphatic rings. The molecule has 1 heterocycles. The third-order valence-electron chi connectivity index (χ3n) is 4.63. The Bertz CT molecular complexity index is 949. The van der Waals surface area contributed by atoms with Crippen LogP contribution in [0.25, 0.3) is 0 Å². The summed E-state index contributed by atoms with van der Waals surface area (Å²) in [4.78, 5) is 31.9. The zero-order valence-corrected chi connectivity index (χ0v) is 19.2. The zero-order valence-electron chi connectivity index (χ0n) is 17.6. The molecular weight excluding hydrogens is 434 g/mol. The van der Waals surface area contributed by atoms with Crippen molar-refractivity contribution in [3.05, 3.63) is 59.1 Å². The quantitative estimate of drug-likeness (QED) is 0.533. The number of aliphatic imine (C=N–C) groups is 1. The molecule has 31 heavy (non-hydrogen) atoms. The van der Waals surface area contributed by atoms with Crippen LogP contribution in [0.3, 0.4) is 0 Å². The summed E-state index contributed by atoms with van der Waals surface area (Å²) in [6.45, 7) is 5.67. The second-order valence-corrected chi connectivity index (χ2v) is 8.75. The number of benzene rings is 2. The Morgan fingerprint density at radius 2 is 2.03 bits per heavy atom. The number of nitrogens with one attached hydrogen (secondary N) is 1. The van der Waals surface area contributed by atoms with Gasteiger partial charge in [0.05, 0.1) is 5.69 Å². The minimum atomic E-state index is -0.518. The molecule has 0 aromatic heterocycles. The van der Waals surface area contributed by atoms with Crippen molar-refractivity contribution < 1.29 is 14.3 Å². The molecule has 0 spiro atoms. The van der Waals surface area contributed by atoms with Crippen molar-refractivity contribution in [1.82, 2.24) is 4.90 Å². The van der Waals surface area contributed by atoms with Gasteiger partial charge in [0.15, 0.2) is 5.17 Å². The van der Waals surface area contributed by atoms with E-state index >= 15 is 0 Å². The van der Waals surface area contributed by atoms with Gasteiger partial charge in [-0.25, -0.2) is 4.99 Å². The van der Waals surface area contributed by atoms with E-state index in [1.54, 1.807) is 29.2 Å². The maximum Gasteiger partial charge on any atom is 0.242 e. The summed E-state index contributed by atoms with van der Waals surface area (Å²) in [6, 6.07) is 14.7. The van der Waals surface area contributed by atoms with Crippen LogP contribution < -0.4 is 5.32 Å². The Balaban J connectivity index is 1.71. The fourth-order valence-electron chi connectivity index (χ4n) is 3.08. The summed E-state index contributed by atoms with van der Waals surface area (Å²) in [5.41, 5.74) is 2.53. The largest absolute Gasteiger partial charge is 0.382 e. The first-order chi connectivity index (χ1) is 15.0. The number of hydrogen-bond donors (Lipinski definition) is 1. The number of aryl methyl sites for hydroxylation is 1. The highest BCUT2D eigenvalue weighted by atomic mass is 35.5. The Morgan fingerprint density at radius 1 is 1.26 bits per heavy atom. The third-order valence-corrected chi connectivity index (χ3v) is 6.04. The minimum absolute atomic E-state index is 0.0604. The summed E-state index contributed by atoms with van der Waals surface area (Å²) < 4.78 is 5.40. The number of anilines is 1. The lowest BCUT2D eigenvalue weighted by molar-refractivity contribution is -0.128. The van der Waals surface area contributed by atoms with Crippen LogP contribution in [0.5, 0.6) is 0 Å². The molecule has 0 radical (unpaired) electrons. The first-order valence-corrected chi connectivity index (χ1v) is 11.5. The Hall–Kier alpha value is -2.35. The first-order valence-electron chi connectivity index (χ1n) is 10.2. The van der Waals surface area contributed by atoms with E-state index in [0.717, 1.165) is 11.3 Å². The van der Waals surface area contributed by atoms with Crippen LogP contribution in [0.4, 0.5) is 11.4 Å². The van der Waals surface area contributed by atoms with Crippen LogP contribution >= 0.6 is 23.4 Å². The second-order valence-electron chi connectivity index (χ2n) is 7.14. The van der Waals surface area contributed by atoms with Gasteiger partial charge in [0.1, 0.15) is 5.25 Å². The van der Waals surface area contributed by atoms with Crippen molar-refractivity contribution in [2.24, 2.45) is 4.99 Å². The smallest absolute Gasteiger partial charge is 0.242 e. The molecular formula is C23H26ClN3O3S. The highest BCUT2D eigenvalue weighted by Gasteiger charge is 2.38. The number of amidine groups is 1. The molecule has 0 saturated carbocycles. The van der Waals surface area contributed by atoms with E-state index in [2.05, 4.69) is 10.3 Å². The lowest BCUT2D eigenvalue weighted by atomic mass is 10.2. The lowest BCUT2D eigenvalue weighted by Crippen LogP contribution is -2.34. The first kappa shape index (κ1) is 23.3. The molecule has 6 nitrogen and oxygen atoms in total. The van der Waals surface area contributed by atoms with Crippen molar-refractivity contribution >= 4 is 51.7 Å². The summed E-state index contributed by atoms with van der Waals surface area (Å²) >= 11 is 7.31. The Labute approximate surface area is 192 Å². The zero-order chi connectivity index (χ0) is 22.2. The highest BCUT2D eigenvalue weighted by Crippen LogP contribution is 2.32. The third kappa shape index (κ3) is 6.82. The summed E-state index contributed by atoms with van der Waals surface area (Å²) in [7, 11) is 0. The van der Waals surface area contributed by atoms with Crippen LogP contribution in [0.1, 0.15) is 25.3 Å². The van der Waals surface area contributed by atoms with Gasteiger partial charge in [0.2, 0.25) is 11.8 Å². The van der Waals surface area contributed by atoms with Crippen molar-refractivity contribution in [3.63, 3.8) is 0 Å². The topological polar surface area (TPSA) is 71.0 Å². The van der Waals surface area contributed by atoms with E-state index in [1.807, 2.05) is 38.1 Å². The number of carbonyl (C=O) groups excluding carboxylic acids is 2. The van der Waals surface area contributed by atoms with Crippen LogP contribution in [0.2, 0.25) is 5.02 Å². The van der Waals surface area contributed by atoms with Gasteiger partial charge in [0, 0.05) is 36.9 Å². The van der Waals surface area contributed by atoms with Crippen molar-refractivity contribution in [1.29, 1.82) is 0 Å². The average molecular weight is 460 g/mol. The monoisotopic (exact) mass is 459 g/mol. The van der Waals surface area contributed by atoms with E-state index in [4.69, 9.17) is 16.3 Å². The van der Waals surface area contributed by atoms with E-state index in [-0.39, 0.29) is 18.2 Å². The molecule has 1 fully saturated rings. The normalized spacial score (nSPS) is 17.4. The molecule has 1 N–H and O–H groups in total. The van der Waals surface area contributed by atoms with Gasteiger partial charge in [-0.1, -0.05) is 47.1 Å². The summed E-state index contributed by atoms with van der Waals surface area (Å²) in [6.07, 6.45) is 0.763. The number of rotatable bonds is 9. The molecule has 2 amide bonds. The number of nitrogens with zero attached hydrogens (tertiary/aromatic N) is 2. The van der Waals surface area contributed by atoms with Gasteiger partial charge in [-0.2, -0.15) is 0 Å². The molecule has 8 heteroatoms. The lowest BCUT2D eigenvalue weighted by Gasteiger charge is -2.16. The number of halogens is 1. The number of amides is 2. The Kier molecular flexibility index (Phi) is 8.51. The molecule has 0 bridgehead atoms. The summed E-state index contributed by atoms with van der Waals surface area (Å²) in [5.74, 6) is -0.340. The van der Waals surface area contributed by atoms with Crippen molar-refractivity contribution in [2.45, 2.75) is 31.9 Å². The van der Waals surface area contributed by atoms with Crippen LogP contribution in [-0.4, -0.2) is 46.9 Å². The summed E-state index contributed by atoms with van der Waals surface area (Å²) in [5, 5.41) is 3.45. The fourth-order valence-corrected chi connectivity index (χ4v) is 4.45. The maximum absolute atomic E-state index is 13.0. The number of thioether (sulfide) groups is 1. The minimum Gasteiger partial charge on any atom is -0.382 e. The molecule has 3 rings (SSSR count). The Morgan fingerprint density at radius 3 is 2.74 bits per heavy atom. The molecule has 1 saturated heterocycles. The molecule has 164 valence electrons. The van der Waals surface area contributed by atoms with E-state index in [9.17, 15) is 9.59 Å². The van der Waals surface area contributed by atoms with E-state index in [0.29, 0.717) is 42.1 Å². The molecule has 1 aliphatic heterocycles. The molecule has 1 atom stereocenters. The molecule has 2 aromatic carbocycles. The van der Waals surface area contributed by atoms with Gasteiger partial charge >= 0.3 is 0 Å². The van der Waals surface area contributed by atoms with Crippen molar-refractivity contribution in [2.75, 3.05) is 25.1 Å². The number of hydrogen-bond acceptors (Lipinski definition) is 5. The van der Waals surface area contributed by atoms with Crippen LogP contribution in [0.15, 0.2) is 53.5 Å². The van der Waals surface area contributed by atoms with E-state index < -0.39 is 5.25 Å². The number of carbonyl (C=O) groups is 2. The van der Waals surface area contributed by atoms with Gasteiger partial charge in [-0.3, -0.25) is 14.5 Å². The van der Waals surface area contributed by atoms with Crippen molar-refractivity contribution in [3.8, 4) is 0 Å². The van der Waals surface area contributed by atoms with E-state index in [1.165, 1.54) is 11.8 Å². The average Bonchev–Trinajstić information content (AvgIpc) is 3.01. The van der Waals surface area contributed by atoms with Gasteiger partial charge in [-0.15, -0.1) is 0 Å². The predicted molar refractivity (Wildman–Crippen MR) is 127 cm³/mol. The second kappa shape index (κ2) is 11.3. The number of ether oxygens (including phenoxy) is 1. The fraction of sp³-hybridized carbons (Fsp3) is 0.348. The SMILES string of the molecule is CCOCCCN1C(=O)C(CC(=O)Nc2cccc(Cl)c2)SC1=Nc1ccc(C)cc1. The molecule has 1 unspecified atom stereocenters. The van der Waals surface area contributed by atoms with Crippen LogP contribution in [-0.2, 0) is 14.3 Å².